The standard InChI is InChI=1S/C9H13N3O2S/c1-6-2-3-12(5-13)4-7(6)8-10-11-9(14)15-8/h5-7H,2-4H2,1H3,(H,11,14). The lowest BCUT2D eigenvalue weighted by molar-refractivity contribution is -0.119. The normalized spacial score (nSPS) is 26.6. The number of aromatic nitrogens is 2. The number of carbonyl (C=O) groups is 1. The summed E-state index contributed by atoms with van der Waals surface area (Å²) in [6.07, 6.45) is 1.84. The molecule has 0 aromatic carbocycles. The summed E-state index contributed by atoms with van der Waals surface area (Å²) in [5.41, 5.74) is 0. The monoisotopic (exact) mass is 227 g/mol. The number of H-pyrrole nitrogens is 1. The first-order valence-electron chi connectivity index (χ1n) is 4.95. The van der Waals surface area contributed by atoms with Crippen LogP contribution in [0.1, 0.15) is 24.3 Å². The molecule has 0 saturated carbocycles. The van der Waals surface area contributed by atoms with E-state index in [1.807, 2.05) is 0 Å². The highest BCUT2D eigenvalue weighted by Gasteiger charge is 2.29. The highest BCUT2D eigenvalue weighted by molar-refractivity contribution is 7.08. The van der Waals surface area contributed by atoms with Crippen molar-refractivity contribution in [2.24, 2.45) is 5.92 Å². The minimum atomic E-state index is -0.125. The molecule has 5 nitrogen and oxygen atoms in total. The fourth-order valence-electron chi connectivity index (χ4n) is 1.91. The van der Waals surface area contributed by atoms with Crippen molar-refractivity contribution in [3.8, 4) is 0 Å². The lowest BCUT2D eigenvalue weighted by Crippen LogP contribution is -2.37. The summed E-state index contributed by atoms with van der Waals surface area (Å²) >= 11 is 1.15. The van der Waals surface area contributed by atoms with E-state index in [1.54, 1.807) is 4.90 Å². The number of nitrogens with one attached hydrogen (secondary N) is 1. The Hall–Kier alpha value is -1.17. The van der Waals surface area contributed by atoms with Crippen LogP contribution in [0.2, 0.25) is 0 Å². The zero-order chi connectivity index (χ0) is 10.8. The minimum Gasteiger partial charge on any atom is -0.345 e. The van der Waals surface area contributed by atoms with Crippen molar-refractivity contribution in [2.75, 3.05) is 13.1 Å². The Morgan fingerprint density at radius 1 is 1.67 bits per heavy atom. The Balaban J connectivity index is 2.19. The van der Waals surface area contributed by atoms with E-state index in [1.165, 1.54) is 0 Å². The SMILES string of the molecule is CC1CCN(C=O)CC1c1n[nH]c(=O)s1. The summed E-state index contributed by atoms with van der Waals surface area (Å²) in [5.74, 6) is 0.674. The number of piperidine rings is 1. The molecule has 1 N–H and O–H groups in total. The Kier molecular flexibility index (Phi) is 2.86. The van der Waals surface area contributed by atoms with E-state index >= 15 is 0 Å². The van der Waals surface area contributed by atoms with Gasteiger partial charge >= 0.3 is 4.87 Å². The highest BCUT2D eigenvalue weighted by Crippen LogP contribution is 2.31. The average Bonchev–Trinajstić information content (AvgIpc) is 2.65. The van der Waals surface area contributed by atoms with Crippen LogP contribution in [0.3, 0.4) is 0 Å². The Morgan fingerprint density at radius 2 is 2.47 bits per heavy atom. The molecule has 82 valence electrons. The van der Waals surface area contributed by atoms with E-state index in [9.17, 15) is 9.59 Å². The zero-order valence-corrected chi connectivity index (χ0v) is 9.29. The second-order valence-corrected chi connectivity index (χ2v) is 4.92. The summed E-state index contributed by atoms with van der Waals surface area (Å²) in [4.78, 5) is 23.3. The molecule has 1 aliphatic rings. The predicted octanol–water partition coefficient (Wildman–Crippen LogP) is 0.413. The molecule has 2 rings (SSSR count). The molecule has 2 heterocycles. The second-order valence-electron chi connectivity index (χ2n) is 3.92. The van der Waals surface area contributed by atoms with E-state index in [2.05, 4.69) is 17.1 Å². The molecule has 6 heteroatoms. The van der Waals surface area contributed by atoms with Gasteiger partial charge in [-0.3, -0.25) is 9.59 Å². The molecule has 1 aliphatic heterocycles. The van der Waals surface area contributed by atoms with Crippen LogP contribution in [-0.2, 0) is 4.79 Å². The molecule has 1 fully saturated rings. The predicted molar refractivity (Wildman–Crippen MR) is 56.9 cm³/mol. The topological polar surface area (TPSA) is 66.1 Å². The first-order chi connectivity index (χ1) is 7.20. The molecule has 2 atom stereocenters. The molecule has 0 bridgehead atoms. The van der Waals surface area contributed by atoms with Crippen molar-refractivity contribution in [1.29, 1.82) is 0 Å². The quantitative estimate of drug-likeness (QED) is 0.744. The van der Waals surface area contributed by atoms with E-state index in [4.69, 9.17) is 0 Å². The van der Waals surface area contributed by atoms with Gasteiger partial charge in [-0.25, -0.2) is 5.10 Å². The molecule has 1 amide bonds. The molecular weight excluding hydrogens is 214 g/mol. The van der Waals surface area contributed by atoms with Crippen LogP contribution >= 0.6 is 11.3 Å². The van der Waals surface area contributed by atoms with Gasteiger partial charge in [-0.15, -0.1) is 0 Å². The fraction of sp³-hybridized carbons (Fsp3) is 0.667. The van der Waals surface area contributed by atoms with Gasteiger partial charge in [0.2, 0.25) is 6.41 Å². The summed E-state index contributed by atoms with van der Waals surface area (Å²) < 4.78 is 0. The lowest BCUT2D eigenvalue weighted by atomic mass is 9.88. The van der Waals surface area contributed by atoms with Gasteiger partial charge in [0.25, 0.3) is 0 Å². The van der Waals surface area contributed by atoms with E-state index in [0.29, 0.717) is 12.5 Å². The summed E-state index contributed by atoms with van der Waals surface area (Å²) in [6, 6.07) is 0. The van der Waals surface area contributed by atoms with Gasteiger partial charge < -0.3 is 4.90 Å². The number of carbonyl (C=O) groups excluding carboxylic acids is 1. The van der Waals surface area contributed by atoms with Gasteiger partial charge in [0.05, 0.1) is 0 Å². The van der Waals surface area contributed by atoms with Crippen molar-refractivity contribution < 1.29 is 4.79 Å². The van der Waals surface area contributed by atoms with Crippen molar-refractivity contribution in [3.63, 3.8) is 0 Å². The summed E-state index contributed by atoms with van der Waals surface area (Å²) in [6.45, 7) is 3.62. The number of aromatic amines is 1. The van der Waals surface area contributed by atoms with Gasteiger partial charge in [-0.1, -0.05) is 18.3 Å². The lowest BCUT2D eigenvalue weighted by Gasteiger charge is -2.33. The molecule has 1 saturated heterocycles. The number of hydrogen-bond acceptors (Lipinski definition) is 4. The molecule has 0 radical (unpaired) electrons. The van der Waals surface area contributed by atoms with E-state index in [0.717, 1.165) is 35.7 Å². The Bertz CT molecular complexity index is 400. The summed E-state index contributed by atoms with van der Waals surface area (Å²) in [5, 5.41) is 7.24. The highest BCUT2D eigenvalue weighted by atomic mass is 32.1. The molecular formula is C9H13N3O2S. The second kappa shape index (κ2) is 4.14. The summed E-state index contributed by atoms with van der Waals surface area (Å²) in [7, 11) is 0. The molecule has 0 aliphatic carbocycles. The average molecular weight is 227 g/mol. The number of hydrogen-bond donors (Lipinski definition) is 1. The Morgan fingerprint density at radius 3 is 3.07 bits per heavy atom. The van der Waals surface area contributed by atoms with Crippen LogP contribution in [-0.4, -0.2) is 34.6 Å². The first kappa shape index (κ1) is 10.4. The van der Waals surface area contributed by atoms with Crippen LogP contribution in [0.4, 0.5) is 0 Å². The third-order valence-corrected chi connectivity index (χ3v) is 3.79. The van der Waals surface area contributed by atoms with Crippen molar-refractivity contribution in [3.05, 3.63) is 14.7 Å². The van der Waals surface area contributed by atoms with Crippen molar-refractivity contribution >= 4 is 17.7 Å². The van der Waals surface area contributed by atoms with Crippen LogP contribution in [0, 0.1) is 5.92 Å². The van der Waals surface area contributed by atoms with Crippen molar-refractivity contribution in [1.82, 2.24) is 15.1 Å². The molecule has 15 heavy (non-hydrogen) atoms. The third kappa shape index (κ3) is 2.09. The fourth-order valence-corrected chi connectivity index (χ4v) is 2.74. The number of likely N-dealkylation sites (tertiary alicyclic amines) is 1. The molecule has 1 aromatic heterocycles. The number of rotatable bonds is 2. The first-order valence-corrected chi connectivity index (χ1v) is 5.77. The van der Waals surface area contributed by atoms with Crippen LogP contribution < -0.4 is 4.87 Å². The maximum atomic E-state index is 11.0. The van der Waals surface area contributed by atoms with Gasteiger partial charge in [-0.2, -0.15) is 5.10 Å². The van der Waals surface area contributed by atoms with Crippen LogP contribution in [0.25, 0.3) is 0 Å². The number of amides is 1. The van der Waals surface area contributed by atoms with Crippen LogP contribution in [0.5, 0.6) is 0 Å². The van der Waals surface area contributed by atoms with Gasteiger partial charge in [0.1, 0.15) is 5.01 Å². The smallest absolute Gasteiger partial charge is 0.322 e. The largest absolute Gasteiger partial charge is 0.345 e. The zero-order valence-electron chi connectivity index (χ0n) is 8.47. The minimum absolute atomic E-state index is 0.125. The maximum Gasteiger partial charge on any atom is 0.322 e. The van der Waals surface area contributed by atoms with Crippen molar-refractivity contribution in [2.45, 2.75) is 19.3 Å². The van der Waals surface area contributed by atoms with Gasteiger partial charge in [-0.05, 0) is 12.3 Å². The Labute approximate surface area is 91.1 Å². The molecule has 1 aromatic rings. The number of nitrogens with zero attached hydrogens (tertiary/aromatic N) is 2. The van der Waals surface area contributed by atoms with Gasteiger partial charge in [0, 0.05) is 19.0 Å². The van der Waals surface area contributed by atoms with Crippen LogP contribution in [0.15, 0.2) is 4.79 Å². The van der Waals surface area contributed by atoms with E-state index in [-0.39, 0.29) is 10.8 Å². The third-order valence-electron chi connectivity index (χ3n) is 2.91. The molecule has 0 spiro atoms. The van der Waals surface area contributed by atoms with Gasteiger partial charge in [0.15, 0.2) is 0 Å². The van der Waals surface area contributed by atoms with E-state index < -0.39 is 0 Å². The maximum absolute atomic E-state index is 11.0. The molecule has 2 unspecified atom stereocenters.